The minimum atomic E-state index is -0.331. The molecule has 168 valence electrons. The molecule has 1 amide bonds. The zero-order valence-electron chi connectivity index (χ0n) is 18.3. The van der Waals surface area contributed by atoms with Gasteiger partial charge < -0.3 is 20.7 Å². The molecule has 0 saturated carbocycles. The van der Waals surface area contributed by atoms with Crippen molar-refractivity contribution >= 4 is 41.5 Å². The summed E-state index contributed by atoms with van der Waals surface area (Å²) in [5, 5.41) is 9.67. The van der Waals surface area contributed by atoms with E-state index in [-0.39, 0.29) is 36.0 Å². The molecule has 1 aliphatic rings. The number of amides is 1. The summed E-state index contributed by atoms with van der Waals surface area (Å²) in [6.07, 6.45) is 1.40. The first-order chi connectivity index (χ1) is 14.7. The average molecular weight is 536 g/mol. The molecule has 3 rings (SSSR count). The molecule has 0 spiro atoms. The number of halogens is 1. The number of carbonyl (C=O) groups is 1. The molecule has 2 aromatic carbocycles. The van der Waals surface area contributed by atoms with Crippen LogP contribution in [0, 0.1) is 0 Å². The second-order valence-corrected chi connectivity index (χ2v) is 7.58. The number of hydrogen-bond donors (Lipinski definition) is 3. The molecule has 0 aromatic heterocycles. The van der Waals surface area contributed by atoms with E-state index in [4.69, 9.17) is 9.73 Å². The highest BCUT2D eigenvalue weighted by molar-refractivity contribution is 14.0. The van der Waals surface area contributed by atoms with Crippen molar-refractivity contribution in [3.8, 4) is 0 Å². The minimum absolute atomic E-state index is 0. The molecule has 2 unspecified atom stereocenters. The largest absolute Gasteiger partial charge is 0.368 e. The quantitative estimate of drug-likeness (QED) is 0.268. The van der Waals surface area contributed by atoms with Crippen LogP contribution in [-0.4, -0.2) is 37.7 Å². The van der Waals surface area contributed by atoms with E-state index >= 15 is 0 Å². The first-order valence-corrected chi connectivity index (χ1v) is 10.7. The highest BCUT2D eigenvalue weighted by atomic mass is 127. The van der Waals surface area contributed by atoms with E-state index < -0.39 is 0 Å². The number of hydrogen-bond acceptors (Lipinski definition) is 3. The Morgan fingerprint density at radius 3 is 2.68 bits per heavy atom. The van der Waals surface area contributed by atoms with Crippen LogP contribution in [0.3, 0.4) is 0 Å². The van der Waals surface area contributed by atoms with Gasteiger partial charge in [0.05, 0.1) is 6.54 Å². The third-order valence-corrected chi connectivity index (χ3v) is 5.12. The normalized spacial score (nSPS) is 16.8. The summed E-state index contributed by atoms with van der Waals surface area (Å²) < 4.78 is 5.45. The van der Waals surface area contributed by atoms with Gasteiger partial charge in [-0.2, -0.15) is 0 Å². The minimum Gasteiger partial charge on any atom is -0.368 e. The zero-order valence-corrected chi connectivity index (χ0v) is 20.6. The molecule has 0 aliphatic carbocycles. The molecule has 3 N–H and O–H groups in total. The molecule has 6 nitrogen and oxygen atoms in total. The van der Waals surface area contributed by atoms with Gasteiger partial charge in [0.2, 0.25) is 0 Å². The van der Waals surface area contributed by atoms with Gasteiger partial charge in [-0.3, -0.25) is 4.79 Å². The van der Waals surface area contributed by atoms with Crippen molar-refractivity contribution in [2.75, 3.05) is 25.0 Å². The van der Waals surface area contributed by atoms with Crippen LogP contribution in [0.25, 0.3) is 0 Å². The summed E-state index contributed by atoms with van der Waals surface area (Å²) in [5.41, 5.74) is 3.11. The van der Waals surface area contributed by atoms with Crippen LogP contribution < -0.4 is 16.0 Å². The number of aliphatic imine (C=N–C) groups is 1. The molecular formula is C24H33IN4O2. The molecule has 1 saturated heterocycles. The summed E-state index contributed by atoms with van der Waals surface area (Å²) >= 11 is 0. The van der Waals surface area contributed by atoms with E-state index in [9.17, 15) is 4.79 Å². The molecule has 31 heavy (non-hydrogen) atoms. The van der Waals surface area contributed by atoms with Gasteiger partial charge in [-0.25, -0.2) is 4.99 Å². The lowest BCUT2D eigenvalue weighted by molar-refractivity contribution is -0.124. The predicted molar refractivity (Wildman–Crippen MR) is 137 cm³/mol. The van der Waals surface area contributed by atoms with Crippen LogP contribution in [0.4, 0.5) is 5.69 Å². The lowest BCUT2D eigenvalue weighted by atomic mass is 10.0. The number of ether oxygens (including phenoxy) is 1. The standard InChI is InChI=1S/C24H32N4O2.HI/c1-3-25-24(26-16-18(2)20-10-5-4-6-11-20)27-17-19-9-7-12-21(15-19)28-23(29)22-13-8-14-30-22;/h4-7,9-12,15,18,22H,3,8,13-14,16-17H2,1-2H3,(H,28,29)(H2,25,26,27);1H. The van der Waals surface area contributed by atoms with Gasteiger partial charge >= 0.3 is 0 Å². The van der Waals surface area contributed by atoms with Crippen molar-refractivity contribution in [2.45, 2.75) is 45.3 Å². The van der Waals surface area contributed by atoms with Crippen molar-refractivity contribution in [3.05, 3.63) is 65.7 Å². The number of benzene rings is 2. The lowest BCUT2D eigenvalue weighted by Gasteiger charge is -2.16. The third kappa shape index (κ3) is 8.14. The fourth-order valence-corrected chi connectivity index (χ4v) is 3.42. The van der Waals surface area contributed by atoms with Gasteiger partial charge in [-0.05, 0) is 48.9 Å². The van der Waals surface area contributed by atoms with E-state index in [1.807, 2.05) is 30.3 Å². The summed E-state index contributed by atoms with van der Waals surface area (Å²) in [6.45, 7) is 7.04. The lowest BCUT2D eigenvalue weighted by Crippen LogP contribution is -2.39. The van der Waals surface area contributed by atoms with Gasteiger partial charge in [0.15, 0.2) is 5.96 Å². The molecule has 7 heteroatoms. The molecule has 0 bridgehead atoms. The van der Waals surface area contributed by atoms with Crippen LogP contribution in [0.1, 0.15) is 43.7 Å². The topological polar surface area (TPSA) is 74.8 Å². The Labute approximate surface area is 202 Å². The Morgan fingerprint density at radius 1 is 1.16 bits per heavy atom. The first-order valence-electron chi connectivity index (χ1n) is 10.7. The maximum atomic E-state index is 12.3. The van der Waals surface area contributed by atoms with E-state index in [0.29, 0.717) is 19.1 Å². The fraction of sp³-hybridized carbons (Fsp3) is 0.417. The Hall–Kier alpha value is -2.13. The number of nitrogens with zero attached hydrogens (tertiary/aromatic N) is 1. The first kappa shape index (κ1) is 25.1. The van der Waals surface area contributed by atoms with Crippen LogP contribution in [-0.2, 0) is 16.1 Å². The van der Waals surface area contributed by atoms with Crippen LogP contribution in [0.15, 0.2) is 59.6 Å². The average Bonchev–Trinajstić information content (AvgIpc) is 3.31. The van der Waals surface area contributed by atoms with Crippen molar-refractivity contribution in [2.24, 2.45) is 4.99 Å². The second kappa shape index (κ2) is 13.3. The van der Waals surface area contributed by atoms with Crippen molar-refractivity contribution in [1.82, 2.24) is 10.6 Å². The second-order valence-electron chi connectivity index (χ2n) is 7.58. The van der Waals surface area contributed by atoms with Gasteiger partial charge in [0.1, 0.15) is 6.10 Å². The number of rotatable bonds is 8. The molecule has 0 radical (unpaired) electrons. The predicted octanol–water partition coefficient (Wildman–Crippen LogP) is 4.28. The van der Waals surface area contributed by atoms with Crippen LogP contribution in [0.2, 0.25) is 0 Å². The molecule has 1 aliphatic heterocycles. The van der Waals surface area contributed by atoms with E-state index in [0.717, 1.165) is 43.1 Å². The van der Waals surface area contributed by atoms with Crippen LogP contribution >= 0.6 is 24.0 Å². The van der Waals surface area contributed by atoms with Crippen molar-refractivity contribution in [3.63, 3.8) is 0 Å². The number of guanidine groups is 1. The maximum Gasteiger partial charge on any atom is 0.253 e. The Kier molecular flexibility index (Phi) is 10.8. The fourth-order valence-electron chi connectivity index (χ4n) is 3.42. The SMILES string of the molecule is CCNC(=NCc1cccc(NC(=O)C2CCCO2)c1)NCC(C)c1ccccc1.I. The Bertz CT molecular complexity index is 838. The summed E-state index contributed by atoms with van der Waals surface area (Å²) in [4.78, 5) is 17.0. The smallest absolute Gasteiger partial charge is 0.253 e. The monoisotopic (exact) mass is 536 g/mol. The third-order valence-electron chi connectivity index (χ3n) is 5.12. The van der Waals surface area contributed by atoms with Gasteiger partial charge in [0, 0.05) is 25.4 Å². The van der Waals surface area contributed by atoms with Gasteiger partial charge in [-0.1, -0.05) is 49.4 Å². The zero-order chi connectivity index (χ0) is 21.2. The van der Waals surface area contributed by atoms with Crippen molar-refractivity contribution < 1.29 is 9.53 Å². The van der Waals surface area contributed by atoms with Crippen molar-refractivity contribution in [1.29, 1.82) is 0 Å². The molecular weight excluding hydrogens is 503 g/mol. The Morgan fingerprint density at radius 2 is 1.97 bits per heavy atom. The summed E-state index contributed by atoms with van der Waals surface area (Å²) in [7, 11) is 0. The highest BCUT2D eigenvalue weighted by Gasteiger charge is 2.23. The number of carbonyl (C=O) groups excluding carboxylic acids is 1. The summed E-state index contributed by atoms with van der Waals surface area (Å²) in [5.74, 6) is 1.10. The molecule has 2 atom stereocenters. The van der Waals surface area contributed by atoms with Crippen LogP contribution in [0.5, 0.6) is 0 Å². The highest BCUT2D eigenvalue weighted by Crippen LogP contribution is 2.17. The molecule has 1 heterocycles. The Balaban J connectivity index is 0.00000341. The van der Waals surface area contributed by atoms with Gasteiger partial charge in [-0.15, -0.1) is 24.0 Å². The maximum absolute atomic E-state index is 12.3. The molecule has 2 aromatic rings. The van der Waals surface area contributed by atoms with E-state index in [2.05, 4.69) is 54.1 Å². The molecule has 1 fully saturated rings. The number of anilines is 1. The van der Waals surface area contributed by atoms with Gasteiger partial charge in [0.25, 0.3) is 5.91 Å². The van der Waals surface area contributed by atoms with E-state index in [1.54, 1.807) is 0 Å². The summed E-state index contributed by atoms with van der Waals surface area (Å²) in [6, 6.07) is 18.3. The van der Waals surface area contributed by atoms with E-state index in [1.165, 1.54) is 5.56 Å². The number of nitrogens with one attached hydrogen (secondary N) is 3.